The third kappa shape index (κ3) is 6.33. The first kappa shape index (κ1) is 25.5. The highest BCUT2D eigenvalue weighted by atomic mass is 16.5. The van der Waals surface area contributed by atoms with Gasteiger partial charge in [0, 0.05) is 12.3 Å². The van der Waals surface area contributed by atoms with Gasteiger partial charge in [-0.25, -0.2) is 4.98 Å². The highest BCUT2D eigenvalue weighted by molar-refractivity contribution is 5.30. The zero-order valence-corrected chi connectivity index (χ0v) is 21.7. The summed E-state index contributed by atoms with van der Waals surface area (Å²) in [5.41, 5.74) is -0.602. The SMILES string of the molecule is CC(C)(CC[N+](C)(C)Cc1cnc([C@](O)(c2ccccc2)C2CCCCC2)o1)Oc1ccccc1. The van der Waals surface area contributed by atoms with E-state index in [0.29, 0.717) is 12.4 Å². The summed E-state index contributed by atoms with van der Waals surface area (Å²) >= 11 is 0. The summed E-state index contributed by atoms with van der Waals surface area (Å²) in [4.78, 5) is 4.64. The average Bonchev–Trinajstić information content (AvgIpc) is 3.32. The zero-order valence-electron chi connectivity index (χ0n) is 21.7. The van der Waals surface area contributed by atoms with Crippen LogP contribution in [0.15, 0.2) is 71.3 Å². The second-order valence-corrected chi connectivity index (χ2v) is 11.3. The van der Waals surface area contributed by atoms with Crippen molar-refractivity contribution in [1.82, 2.24) is 4.98 Å². The van der Waals surface area contributed by atoms with Crippen molar-refractivity contribution in [2.75, 3.05) is 20.6 Å². The summed E-state index contributed by atoms with van der Waals surface area (Å²) in [6.07, 6.45) is 8.18. The summed E-state index contributed by atoms with van der Waals surface area (Å²) in [7, 11) is 4.40. The van der Waals surface area contributed by atoms with Crippen molar-refractivity contribution in [3.63, 3.8) is 0 Å². The summed E-state index contributed by atoms with van der Waals surface area (Å²) < 4.78 is 13.3. The number of para-hydroxylation sites is 1. The first-order valence-corrected chi connectivity index (χ1v) is 13.0. The Morgan fingerprint density at radius 2 is 1.60 bits per heavy atom. The van der Waals surface area contributed by atoms with E-state index in [1.165, 1.54) is 6.42 Å². The molecule has 2 aromatic carbocycles. The molecule has 0 spiro atoms. The Hall–Kier alpha value is -2.63. The fraction of sp³-hybridized carbons (Fsp3) is 0.500. The van der Waals surface area contributed by atoms with Crippen LogP contribution in [0, 0.1) is 5.92 Å². The number of nitrogens with zero attached hydrogens (tertiary/aromatic N) is 2. The van der Waals surface area contributed by atoms with E-state index < -0.39 is 5.60 Å². The van der Waals surface area contributed by atoms with Gasteiger partial charge in [0.05, 0.1) is 26.8 Å². The number of ether oxygens (including phenoxy) is 1. The van der Waals surface area contributed by atoms with Crippen LogP contribution in [0.1, 0.15) is 69.6 Å². The smallest absolute Gasteiger partial charge is 0.231 e. The number of hydrogen-bond donors (Lipinski definition) is 1. The van der Waals surface area contributed by atoms with E-state index in [1.54, 1.807) is 6.20 Å². The topological polar surface area (TPSA) is 55.5 Å². The number of quaternary nitrogens is 1. The average molecular weight is 478 g/mol. The fourth-order valence-corrected chi connectivity index (χ4v) is 5.23. The summed E-state index contributed by atoms with van der Waals surface area (Å²) in [5.74, 6) is 2.24. The standard InChI is InChI=1S/C30H41N2O3/c1-29(2,35-26-18-12-7-13-19-26)20-21-32(3,4)23-27-22-31-28(34-27)30(33,24-14-8-5-9-15-24)25-16-10-6-11-17-25/h5,7-9,12-15,18-19,22,25,33H,6,10-11,16-17,20-21,23H2,1-4H3/q+1/t30-/m0/s1. The Balaban J connectivity index is 1.46. The molecule has 1 aromatic heterocycles. The molecule has 1 aliphatic rings. The Morgan fingerprint density at radius 3 is 2.26 bits per heavy atom. The van der Waals surface area contributed by atoms with Crippen molar-refractivity contribution in [2.24, 2.45) is 5.92 Å². The Morgan fingerprint density at radius 1 is 0.971 bits per heavy atom. The summed E-state index contributed by atoms with van der Waals surface area (Å²) in [6, 6.07) is 19.9. The minimum Gasteiger partial charge on any atom is -0.488 e. The summed E-state index contributed by atoms with van der Waals surface area (Å²) in [6.45, 7) is 5.89. The van der Waals surface area contributed by atoms with Gasteiger partial charge in [-0.3, -0.25) is 0 Å². The number of rotatable bonds is 10. The molecule has 35 heavy (non-hydrogen) atoms. The van der Waals surface area contributed by atoms with Gasteiger partial charge in [-0.1, -0.05) is 67.8 Å². The number of aromatic nitrogens is 1. The van der Waals surface area contributed by atoms with Crippen LogP contribution in [0.5, 0.6) is 5.75 Å². The Bertz CT molecular complexity index is 1060. The maximum atomic E-state index is 12.1. The van der Waals surface area contributed by atoms with Gasteiger partial charge in [0.2, 0.25) is 5.89 Å². The molecule has 1 aliphatic carbocycles. The minimum atomic E-state index is -1.19. The first-order chi connectivity index (χ1) is 16.7. The molecule has 0 saturated heterocycles. The van der Waals surface area contributed by atoms with Crippen LogP contribution >= 0.6 is 0 Å². The zero-order chi connectivity index (χ0) is 24.9. The van der Waals surface area contributed by atoms with E-state index in [2.05, 4.69) is 32.9 Å². The minimum absolute atomic E-state index is 0.114. The Kier molecular flexibility index (Phi) is 7.67. The monoisotopic (exact) mass is 477 g/mol. The van der Waals surface area contributed by atoms with Crippen LogP contribution < -0.4 is 4.74 Å². The van der Waals surface area contributed by atoms with Gasteiger partial charge < -0.3 is 18.7 Å². The van der Waals surface area contributed by atoms with Crippen LogP contribution in [0.4, 0.5) is 0 Å². The molecule has 0 amide bonds. The van der Waals surface area contributed by atoms with Gasteiger partial charge in [0.25, 0.3) is 0 Å². The largest absolute Gasteiger partial charge is 0.488 e. The predicted octanol–water partition coefficient (Wildman–Crippen LogP) is 6.31. The van der Waals surface area contributed by atoms with E-state index in [-0.39, 0.29) is 11.5 Å². The van der Waals surface area contributed by atoms with Gasteiger partial charge in [-0.2, -0.15) is 0 Å². The molecule has 1 fully saturated rings. The molecule has 5 heteroatoms. The molecule has 188 valence electrons. The molecule has 0 unspecified atom stereocenters. The lowest BCUT2D eigenvalue weighted by Crippen LogP contribution is -2.43. The molecule has 4 rings (SSSR count). The van der Waals surface area contributed by atoms with Gasteiger partial charge in [0.15, 0.2) is 11.4 Å². The highest BCUT2D eigenvalue weighted by Crippen LogP contribution is 2.43. The first-order valence-electron chi connectivity index (χ1n) is 13.0. The number of aliphatic hydroxyl groups is 1. The van der Waals surface area contributed by atoms with Crippen molar-refractivity contribution < 1.29 is 18.7 Å². The van der Waals surface area contributed by atoms with Crippen LogP contribution in [-0.4, -0.2) is 40.8 Å². The second-order valence-electron chi connectivity index (χ2n) is 11.3. The van der Waals surface area contributed by atoms with Crippen LogP contribution in [0.25, 0.3) is 0 Å². The number of benzene rings is 2. The molecule has 0 radical (unpaired) electrons. The molecule has 5 nitrogen and oxygen atoms in total. The quantitative estimate of drug-likeness (QED) is 0.347. The van der Waals surface area contributed by atoms with Gasteiger partial charge in [-0.15, -0.1) is 0 Å². The van der Waals surface area contributed by atoms with E-state index in [9.17, 15) is 5.11 Å². The lowest BCUT2D eigenvalue weighted by Gasteiger charge is -2.36. The number of hydrogen-bond acceptors (Lipinski definition) is 4. The molecular formula is C30H41N2O3+. The van der Waals surface area contributed by atoms with E-state index >= 15 is 0 Å². The van der Waals surface area contributed by atoms with Gasteiger partial charge in [-0.05, 0) is 44.4 Å². The third-order valence-electron chi connectivity index (χ3n) is 7.33. The normalized spacial score (nSPS) is 17.2. The van der Waals surface area contributed by atoms with Crippen molar-refractivity contribution in [3.05, 3.63) is 84.1 Å². The predicted molar refractivity (Wildman–Crippen MR) is 139 cm³/mol. The lowest BCUT2D eigenvalue weighted by molar-refractivity contribution is -0.905. The van der Waals surface area contributed by atoms with Crippen molar-refractivity contribution in [2.45, 2.75) is 70.1 Å². The van der Waals surface area contributed by atoms with Crippen LogP contribution in [0.2, 0.25) is 0 Å². The molecule has 1 heterocycles. The fourth-order valence-electron chi connectivity index (χ4n) is 5.23. The molecule has 1 atom stereocenters. The molecular weight excluding hydrogens is 436 g/mol. The highest BCUT2D eigenvalue weighted by Gasteiger charge is 2.45. The third-order valence-corrected chi connectivity index (χ3v) is 7.33. The maximum Gasteiger partial charge on any atom is 0.231 e. The van der Waals surface area contributed by atoms with Crippen LogP contribution in [-0.2, 0) is 12.1 Å². The molecule has 0 bridgehead atoms. The number of oxazole rings is 1. The van der Waals surface area contributed by atoms with Gasteiger partial charge in [0.1, 0.15) is 17.9 Å². The lowest BCUT2D eigenvalue weighted by atomic mass is 9.73. The molecule has 3 aromatic rings. The molecule has 1 saturated carbocycles. The van der Waals surface area contributed by atoms with Crippen LogP contribution in [0.3, 0.4) is 0 Å². The summed E-state index contributed by atoms with van der Waals surface area (Å²) in [5, 5.41) is 12.1. The van der Waals surface area contributed by atoms with E-state index in [4.69, 9.17) is 9.15 Å². The molecule has 1 N–H and O–H groups in total. The molecule has 0 aliphatic heterocycles. The van der Waals surface area contributed by atoms with Gasteiger partial charge >= 0.3 is 0 Å². The second kappa shape index (κ2) is 10.5. The maximum absolute atomic E-state index is 12.1. The van der Waals surface area contributed by atoms with Crippen molar-refractivity contribution in [1.29, 1.82) is 0 Å². The van der Waals surface area contributed by atoms with Crippen molar-refractivity contribution in [3.8, 4) is 5.75 Å². The van der Waals surface area contributed by atoms with Crippen molar-refractivity contribution >= 4 is 0 Å². The van der Waals surface area contributed by atoms with E-state index in [1.807, 2.05) is 60.7 Å². The Labute approximate surface area is 210 Å². The van der Waals surface area contributed by atoms with E-state index in [0.717, 1.165) is 60.2 Å².